The molecular weight excluding hydrogens is 273 g/mol. The number of azo groups is 1. The summed E-state index contributed by atoms with van der Waals surface area (Å²) in [5.41, 5.74) is 12.8. The van der Waals surface area contributed by atoms with Crippen LogP contribution in [0.5, 0.6) is 0 Å². The van der Waals surface area contributed by atoms with E-state index in [-0.39, 0.29) is 5.82 Å². The molecule has 7 heteroatoms. The topological polar surface area (TPSA) is 89.6 Å². The molecule has 0 aliphatic carbocycles. The van der Waals surface area contributed by atoms with Crippen molar-refractivity contribution in [3.05, 3.63) is 40.5 Å². The predicted molar refractivity (Wildman–Crippen MR) is 73.7 cm³/mol. The lowest BCUT2D eigenvalue weighted by Gasteiger charge is -2.00. The Balaban J connectivity index is 2.30. The van der Waals surface area contributed by atoms with Crippen LogP contribution in [-0.4, -0.2) is 4.98 Å². The maximum atomic E-state index is 5.91. The number of hydrogen-bond donors (Lipinski definition) is 2. The minimum Gasteiger partial charge on any atom is -0.399 e. The van der Waals surface area contributed by atoms with Gasteiger partial charge in [0.2, 0.25) is 0 Å². The highest BCUT2D eigenvalue weighted by molar-refractivity contribution is 6.35. The summed E-state index contributed by atoms with van der Waals surface area (Å²) >= 11 is 11.6. The predicted octanol–water partition coefficient (Wildman–Crippen LogP) is 3.97. The molecule has 0 atom stereocenters. The Labute approximate surface area is 113 Å². The molecular formula is C11H9Cl2N5. The van der Waals surface area contributed by atoms with E-state index in [4.69, 9.17) is 34.7 Å². The number of aromatic nitrogens is 1. The fraction of sp³-hybridized carbons (Fsp3) is 0. The lowest BCUT2D eigenvalue weighted by Crippen LogP contribution is -1.89. The van der Waals surface area contributed by atoms with E-state index >= 15 is 0 Å². The number of rotatable bonds is 2. The molecule has 1 heterocycles. The summed E-state index contributed by atoms with van der Waals surface area (Å²) in [5, 5.41) is 8.63. The molecule has 2 aromatic rings. The van der Waals surface area contributed by atoms with Crippen molar-refractivity contribution in [2.24, 2.45) is 10.2 Å². The second-order valence-corrected chi connectivity index (χ2v) is 4.32. The minimum absolute atomic E-state index is 0.275. The van der Waals surface area contributed by atoms with Crippen LogP contribution in [-0.2, 0) is 0 Å². The van der Waals surface area contributed by atoms with Crippen molar-refractivity contribution in [1.82, 2.24) is 4.98 Å². The quantitative estimate of drug-likeness (QED) is 0.645. The first-order valence-corrected chi connectivity index (χ1v) is 5.69. The lowest BCUT2D eigenvalue weighted by atomic mass is 10.2. The fourth-order valence-electron chi connectivity index (χ4n) is 1.25. The lowest BCUT2D eigenvalue weighted by molar-refractivity contribution is 1.16. The number of benzene rings is 1. The Morgan fingerprint density at radius 2 is 1.83 bits per heavy atom. The van der Waals surface area contributed by atoms with Gasteiger partial charge in [0, 0.05) is 11.9 Å². The van der Waals surface area contributed by atoms with Crippen LogP contribution in [0.2, 0.25) is 10.0 Å². The van der Waals surface area contributed by atoms with Crippen LogP contribution in [0.25, 0.3) is 0 Å². The van der Waals surface area contributed by atoms with Crippen molar-refractivity contribution in [1.29, 1.82) is 0 Å². The van der Waals surface area contributed by atoms with E-state index in [1.807, 2.05) is 0 Å². The van der Waals surface area contributed by atoms with E-state index in [1.165, 1.54) is 12.3 Å². The van der Waals surface area contributed by atoms with E-state index in [9.17, 15) is 0 Å². The maximum absolute atomic E-state index is 5.91. The highest BCUT2D eigenvalue weighted by atomic mass is 35.5. The Bertz CT molecular complexity index is 559. The van der Waals surface area contributed by atoms with Gasteiger partial charge in [0.15, 0.2) is 5.82 Å². The van der Waals surface area contributed by atoms with Crippen molar-refractivity contribution in [2.45, 2.75) is 0 Å². The standard InChI is InChI=1S/C11H9Cl2N5/c12-6-3-8(13)11(16-5-6)18-17-10-2-1-7(14)4-9(10)15/h1-5H,14-15H2. The molecule has 0 unspecified atom stereocenters. The first-order valence-electron chi connectivity index (χ1n) is 4.94. The summed E-state index contributed by atoms with van der Waals surface area (Å²) in [4.78, 5) is 3.95. The van der Waals surface area contributed by atoms with Gasteiger partial charge in [-0.15, -0.1) is 10.2 Å². The number of hydrogen-bond acceptors (Lipinski definition) is 5. The van der Waals surface area contributed by atoms with Gasteiger partial charge in [0.25, 0.3) is 0 Å². The largest absolute Gasteiger partial charge is 0.399 e. The average Bonchev–Trinajstić information content (AvgIpc) is 2.30. The monoisotopic (exact) mass is 281 g/mol. The SMILES string of the molecule is Nc1ccc(N=Nc2ncc(Cl)cc2Cl)c(N)c1. The molecule has 0 radical (unpaired) electrons. The Kier molecular flexibility index (Phi) is 3.64. The fourth-order valence-corrected chi connectivity index (χ4v) is 1.66. The number of pyridine rings is 1. The number of anilines is 2. The van der Waals surface area contributed by atoms with Gasteiger partial charge in [-0.25, -0.2) is 4.98 Å². The molecule has 0 bridgehead atoms. The zero-order valence-corrected chi connectivity index (χ0v) is 10.7. The van der Waals surface area contributed by atoms with Crippen LogP contribution >= 0.6 is 23.2 Å². The van der Waals surface area contributed by atoms with Crippen molar-refractivity contribution >= 4 is 46.1 Å². The third-order valence-electron chi connectivity index (χ3n) is 2.09. The number of nitrogen functional groups attached to an aromatic ring is 2. The maximum Gasteiger partial charge on any atom is 0.193 e. The van der Waals surface area contributed by atoms with E-state index in [0.717, 1.165) is 0 Å². The molecule has 0 spiro atoms. The summed E-state index contributed by atoms with van der Waals surface area (Å²) in [7, 11) is 0. The summed E-state index contributed by atoms with van der Waals surface area (Å²) in [6, 6.07) is 6.49. The normalized spacial score (nSPS) is 11.0. The van der Waals surface area contributed by atoms with Crippen molar-refractivity contribution in [3.8, 4) is 0 Å². The second kappa shape index (κ2) is 5.20. The molecule has 5 nitrogen and oxygen atoms in total. The zero-order chi connectivity index (χ0) is 13.1. The summed E-state index contributed by atoms with van der Waals surface area (Å²) < 4.78 is 0. The smallest absolute Gasteiger partial charge is 0.193 e. The van der Waals surface area contributed by atoms with Gasteiger partial charge in [-0.1, -0.05) is 23.2 Å². The Morgan fingerprint density at radius 1 is 1.06 bits per heavy atom. The molecule has 0 saturated heterocycles. The van der Waals surface area contributed by atoms with Crippen molar-refractivity contribution in [2.75, 3.05) is 11.5 Å². The highest BCUT2D eigenvalue weighted by Gasteiger charge is 2.02. The Hall–Kier alpha value is -1.85. The highest BCUT2D eigenvalue weighted by Crippen LogP contribution is 2.29. The molecule has 1 aromatic heterocycles. The molecule has 1 aromatic carbocycles. The minimum atomic E-state index is 0.275. The van der Waals surface area contributed by atoms with Gasteiger partial charge in [-0.2, -0.15) is 0 Å². The van der Waals surface area contributed by atoms with E-state index in [1.54, 1.807) is 18.2 Å². The number of halogens is 2. The molecule has 0 amide bonds. The second-order valence-electron chi connectivity index (χ2n) is 3.48. The van der Waals surface area contributed by atoms with E-state index in [2.05, 4.69) is 15.2 Å². The van der Waals surface area contributed by atoms with E-state index < -0.39 is 0 Å². The molecule has 0 saturated carbocycles. The van der Waals surface area contributed by atoms with Gasteiger partial charge in [-0.05, 0) is 24.3 Å². The first kappa shape index (κ1) is 12.6. The zero-order valence-electron chi connectivity index (χ0n) is 9.14. The molecule has 92 valence electrons. The molecule has 0 aliphatic rings. The van der Waals surface area contributed by atoms with Gasteiger partial charge < -0.3 is 11.5 Å². The molecule has 0 fully saturated rings. The summed E-state index contributed by atoms with van der Waals surface area (Å²) in [5.74, 6) is 0.275. The van der Waals surface area contributed by atoms with Crippen LogP contribution in [0.4, 0.5) is 22.9 Å². The average molecular weight is 282 g/mol. The molecule has 2 rings (SSSR count). The van der Waals surface area contributed by atoms with Gasteiger partial charge in [-0.3, -0.25) is 0 Å². The van der Waals surface area contributed by atoms with Crippen molar-refractivity contribution in [3.63, 3.8) is 0 Å². The molecule has 18 heavy (non-hydrogen) atoms. The third-order valence-corrected chi connectivity index (χ3v) is 2.58. The van der Waals surface area contributed by atoms with Crippen LogP contribution in [0.1, 0.15) is 0 Å². The van der Waals surface area contributed by atoms with Crippen LogP contribution < -0.4 is 11.5 Å². The Morgan fingerprint density at radius 3 is 2.50 bits per heavy atom. The summed E-state index contributed by atoms with van der Waals surface area (Å²) in [6.07, 6.45) is 1.44. The van der Waals surface area contributed by atoms with Crippen molar-refractivity contribution < 1.29 is 0 Å². The summed E-state index contributed by atoms with van der Waals surface area (Å²) in [6.45, 7) is 0. The molecule has 0 aliphatic heterocycles. The van der Waals surface area contributed by atoms with Gasteiger partial charge >= 0.3 is 0 Å². The van der Waals surface area contributed by atoms with Gasteiger partial charge in [0.1, 0.15) is 5.69 Å². The third kappa shape index (κ3) is 2.88. The van der Waals surface area contributed by atoms with Crippen LogP contribution in [0.15, 0.2) is 40.7 Å². The van der Waals surface area contributed by atoms with Crippen LogP contribution in [0, 0.1) is 0 Å². The number of nitrogens with zero attached hydrogens (tertiary/aromatic N) is 3. The first-order chi connectivity index (χ1) is 8.56. The number of nitrogens with two attached hydrogens (primary N) is 2. The van der Waals surface area contributed by atoms with Gasteiger partial charge in [0.05, 0.1) is 15.7 Å². The van der Waals surface area contributed by atoms with Crippen LogP contribution in [0.3, 0.4) is 0 Å². The molecule has 4 N–H and O–H groups in total. The van der Waals surface area contributed by atoms with E-state index in [0.29, 0.717) is 27.1 Å².